The van der Waals surface area contributed by atoms with Crippen molar-refractivity contribution in [3.8, 4) is 0 Å². The van der Waals surface area contributed by atoms with Crippen molar-refractivity contribution >= 4 is 32.6 Å². The van der Waals surface area contributed by atoms with Crippen LogP contribution in [0.2, 0.25) is 0 Å². The van der Waals surface area contributed by atoms with Crippen LogP contribution in [0.5, 0.6) is 0 Å². The molecule has 3 aromatic rings. The summed E-state index contributed by atoms with van der Waals surface area (Å²) < 4.78 is 2.81. The molecule has 6 nitrogen and oxygen atoms in total. The fraction of sp³-hybridized carbons (Fsp3) is 0.476. The van der Waals surface area contributed by atoms with Crippen LogP contribution in [-0.4, -0.2) is 51.8 Å². The van der Waals surface area contributed by atoms with Gasteiger partial charge in [0.25, 0.3) is 5.91 Å². The lowest BCUT2D eigenvalue weighted by Crippen LogP contribution is -2.39. The molecule has 150 valence electrons. The van der Waals surface area contributed by atoms with E-state index in [-0.39, 0.29) is 5.91 Å². The number of benzene rings is 1. The number of para-hydroxylation sites is 1. The van der Waals surface area contributed by atoms with Crippen molar-refractivity contribution in [2.75, 3.05) is 31.1 Å². The molecule has 0 atom stereocenters. The molecular formula is C21H29N5OS. The van der Waals surface area contributed by atoms with Crippen LogP contribution in [0.25, 0.3) is 10.2 Å². The SMILES string of the molecule is CCc1cccc2sc(N(CCN(CC)CC)C(=O)c3nn(C)cc3C)nc12. The average molecular weight is 400 g/mol. The van der Waals surface area contributed by atoms with E-state index >= 15 is 0 Å². The summed E-state index contributed by atoms with van der Waals surface area (Å²) in [6.07, 6.45) is 2.80. The van der Waals surface area contributed by atoms with Gasteiger partial charge in [-0.3, -0.25) is 14.4 Å². The van der Waals surface area contributed by atoms with Gasteiger partial charge in [0.1, 0.15) is 0 Å². The molecule has 0 bridgehead atoms. The van der Waals surface area contributed by atoms with Crippen molar-refractivity contribution in [3.63, 3.8) is 0 Å². The molecule has 0 unspecified atom stereocenters. The van der Waals surface area contributed by atoms with Gasteiger partial charge in [-0.1, -0.05) is 44.2 Å². The normalized spacial score (nSPS) is 11.5. The van der Waals surface area contributed by atoms with Crippen LogP contribution in [0.4, 0.5) is 5.13 Å². The first-order valence-corrected chi connectivity index (χ1v) is 10.7. The van der Waals surface area contributed by atoms with Crippen LogP contribution in [0.3, 0.4) is 0 Å². The maximum atomic E-state index is 13.4. The highest BCUT2D eigenvalue weighted by Gasteiger charge is 2.25. The quantitative estimate of drug-likeness (QED) is 0.577. The second kappa shape index (κ2) is 8.84. The van der Waals surface area contributed by atoms with Gasteiger partial charge in [0.2, 0.25) is 0 Å². The van der Waals surface area contributed by atoms with E-state index in [0.29, 0.717) is 12.2 Å². The highest BCUT2D eigenvalue weighted by atomic mass is 32.1. The molecule has 0 radical (unpaired) electrons. The molecule has 0 spiro atoms. The number of nitrogens with zero attached hydrogens (tertiary/aromatic N) is 5. The van der Waals surface area contributed by atoms with Crippen molar-refractivity contribution in [1.82, 2.24) is 19.7 Å². The maximum absolute atomic E-state index is 13.4. The van der Waals surface area contributed by atoms with Crippen molar-refractivity contribution in [2.45, 2.75) is 34.1 Å². The van der Waals surface area contributed by atoms with E-state index in [4.69, 9.17) is 4.98 Å². The monoisotopic (exact) mass is 399 g/mol. The number of amides is 1. The number of rotatable bonds is 8. The minimum atomic E-state index is -0.0811. The van der Waals surface area contributed by atoms with Gasteiger partial charge >= 0.3 is 0 Å². The summed E-state index contributed by atoms with van der Waals surface area (Å²) in [5.74, 6) is -0.0811. The molecule has 2 aromatic heterocycles. The van der Waals surface area contributed by atoms with E-state index in [1.807, 2.05) is 20.2 Å². The summed E-state index contributed by atoms with van der Waals surface area (Å²) in [7, 11) is 1.84. The number of hydrogen-bond donors (Lipinski definition) is 0. The van der Waals surface area contributed by atoms with Gasteiger partial charge in [0.05, 0.1) is 10.2 Å². The maximum Gasteiger partial charge on any atom is 0.280 e. The Balaban J connectivity index is 2.00. The molecule has 0 saturated carbocycles. The molecule has 1 amide bonds. The van der Waals surface area contributed by atoms with Crippen LogP contribution in [0.15, 0.2) is 24.4 Å². The Bertz CT molecular complexity index is 957. The van der Waals surface area contributed by atoms with Gasteiger partial charge in [0, 0.05) is 31.9 Å². The lowest BCUT2D eigenvalue weighted by atomic mass is 10.1. The molecule has 0 fully saturated rings. The van der Waals surface area contributed by atoms with E-state index in [1.165, 1.54) is 5.56 Å². The van der Waals surface area contributed by atoms with Crippen LogP contribution >= 0.6 is 11.3 Å². The Labute approximate surface area is 170 Å². The number of aromatic nitrogens is 3. The Morgan fingerprint density at radius 2 is 1.93 bits per heavy atom. The Morgan fingerprint density at radius 1 is 1.18 bits per heavy atom. The molecule has 0 saturated heterocycles. The van der Waals surface area contributed by atoms with Crippen LogP contribution < -0.4 is 4.90 Å². The van der Waals surface area contributed by atoms with Gasteiger partial charge in [-0.05, 0) is 38.1 Å². The summed E-state index contributed by atoms with van der Waals surface area (Å²) in [4.78, 5) is 22.4. The third kappa shape index (κ3) is 4.10. The highest BCUT2D eigenvalue weighted by molar-refractivity contribution is 7.22. The fourth-order valence-electron chi connectivity index (χ4n) is 3.41. The summed E-state index contributed by atoms with van der Waals surface area (Å²) in [6.45, 7) is 11.7. The second-order valence-corrected chi connectivity index (χ2v) is 7.94. The number of anilines is 1. The van der Waals surface area contributed by atoms with Crippen LogP contribution in [0, 0.1) is 6.92 Å². The molecule has 0 aliphatic heterocycles. The molecule has 3 rings (SSSR count). The lowest BCUT2D eigenvalue weighted by Gasteiger charge is -2.24. The lowest BCUT2D eigenvalue weighted by molar-refractivity contribution is 0.0977. The molecule has 2 heterocycles. The number of fused-ring (bicyclic) bond motifs is 1. The number of thiazole rings is 1. The van der Waals surface area contributed by atoms with Gasteiger partial charge < -0.3 is 4.90 Å². The largest absolute Gasteiger partial charge is 0.302 e. The third-order valence-electron chi connectivity index (χ3n) is 5.10. The van der Waals surface area contributed by atoms with Crippen LogP contribution in [0.1, 0.15) is 42.4 Å². The zero-order chi connectivity index (χ0) is 20.3. The van der Waals surface area contributed by atoms with E-state index in [1.54, 1.807) is 20.9 Å². The third-order valence-corrected chi connectivity index (χ3v) is 6.14. The number of hydrogen-bond acceptors (Lipinski definition) is 5. The number of aryl methyl sites for hydroxylation is 3. The average Bonchev–Trinajstić information content (AvgIpc) is 3.27. The zero-order valence-corrected chi connectivity index (χ0v) is 18.2. The zero-order valence-electron chi connectivity index (χ0n) is 17.4. The van der Waals surface area contributed by atoms with Crippen molar-refractivity contribution in [1.29, 1.82) is 0 Å². The molecule has 7 heteroatoms. The molecule has 28 heavy (non-hydrogen) atoms. The van der Waals surface area contributed by atoms with Gasteiger partial charge in [-0.25, -0.2) is 4.98 Å². The number of carbonyl (C=O) groups excluding carboxylic acids is 1. The van der Waals surface area contributed by atoms with Crippen molar-refractivity contribution in [3.05, 3.63) is 41.2 Å². The van der Waals surface area contributed by atoms with Gasteiger partial charge in [-0.15, -0.1) is 0 Å². The van der Waals surface area contributed by atoms with E-state index in [2.05, 4.69) is 49.0 Å². The topological polar surface area (TPSA) is 54.3 Å². The fourth-order valence-corrected chi connectivity index (χ4v) is 4.44. The predicted octanol–water partition coefficient (Wildman–Crippen LogP) is 3.89. The van der Waals surface area contributed by atoms with Crippen molar-refractivity contribution < 1.29 is 4.79 Å². The minimum Gasteiger partial charge on any atom is -0.302 e. The summed E-state index contributed by atoms with van der Waals surface area (Å²) in [6, 6.07) is 6.25. The van der Waals surface area contributed by atoms with E-state index in [0.717, 1.165) is 47.0 Å². The van der Waals surface area contributed by atoms with Gasteiger partial charge in [0.15, 0.2) is 10.8 Å². The standard InChI is InChI=1S/C21H29N5OS/c1-6-16-10-9-11-17-19(16)22-21(28-17)26(13-12-25(7-2)8-3)20(27)18-15(4)14-24(5)23-18/h9-11,14H,6-8,12-13H2,1-5H3. The first-order valence-electron chi connectivity index (χ1n) is 9.91. The Morgan fingerprint density at radius 3 is 2.54 bits per heavy atom. The predicted molar refractivity (Wildman–Crippen MR) is 116 cm³/mol. The smallest absolute Gasteiger partial charge is 0.280 e. The molecule has 0 aliphatic carbocycles. The first kappa shape index (κ1) is 20.5. The molecule has 1 aromatic carbocycles. The summed E-state index contributed by atoms with van der Waals surface area (Å²) >= 11 is 1.58. The number of carbonyl (C=O) groups is 1. The van der Waals surface area contributed by atoms with E-state index < -0.39 is 0 Å². The Kier molecular flexibility index (Phi) is 6.46. The Hall–Kier alpha value is -2.25. The molecule has 0 aliphatic rings. The number of likely N-dealkylation sites (N-methyl/N-ethyl adjacent to an activating group) is 1. The highest BCUT2D eigenvalue weighted by Crippen LogP contribution is 2.32. The summed E-state index contributed by atoms with van der Waals surface area (Å²) in [5, 5.41) is 5.15. The van der Waals surface area contributed by atoms with Gasteiger partial charge in [-0.2, -0.15) is 5.10 Å². The van der Waals surface area contributed by atoms with E-state index in [9.17, 15) is 4.79 Å². The summed E-state index contributed by atoms with van der Waals surface area (Å²) in [5.41, 5.74) is 3.60. The minimum absolute atomic E-state index is 0.0811. The first-order chi connectivity index (χ1) is 13.5. The molecule has 0 N–H and O–H groups in total. The second-order valence-electron chi connectivity index (χ2n) is 6.93. The molecular weight excluding hydrogens is 370 g/mol. The van der Waals surface area contributed by atoms with Crippen molar-refractivity contribution in [2.24, 2.45) is 7.05 Å². The van der Waals surface area contributed by atoms with Crippen LogP contribution in [-0.2, 0) is 13.5 Å².